The quantitative estimate of drug-likeness (QED) is 0.853. The van der Waals surface area contributed by atoms with Crippen LogP contribution in [0.15, 0.2) is 0 Å². The Kier molecular flexibility index (Phi) is 5.12. The molecule has 2 fully saturated rings. The van der Waals surface area contributed by atoms with Gasteiger partial charge in [-0.3, -0.25) is 0 Å². The molecule has 0 bridgehead atoms. The molecule has 0 aromatic heterocycles. The summed E-state index contributed by atoms with van der Waals surface area (Å²) >= 11 is 0. The van der Waals surface area contributed by atoms with E-state index in [2.05, 4.69) is 17.3 Å². The molecule has 0 unspecified atom stereocenters. The summed E-state index contributed by atoms with van der Waals surface area (Å²) < 4.78 is 37.9. The molecule has 2 nitrogen and oxygen atoms in total. The monoisotopic (exact) mass is 278 g/mol. The minimum absolute atomic E-state index is 0.310. The Balaban J connectivity index is 1.74. The summed E-state index contributed by atoms with van der Waals surface area (Å²) in [6.07, 6.45) is 0.426. The van der Waals surface area contributed by atoms with Crippen molar-refractivity contribution in [3.63, 3.8) is 0 Å². The molecule has 1 aliphatic heterocycles. The van der Waals surface area contributed by atoms with Crippen LogP contribution in [0.1, 0.15) is 38.5 Å². The minimum atomic E-state index is -3.99. The van der Waals surface area contributed by atoms with Gasteiger partial charge in [-0.1, -0.05) is 0 Å². The first-order valence-electron chi connectivity index (χ1n) is 7.44. The summed E-state index contributed by atoms with van der Waals surface area (Å²) in [5.74, 6) is -0.345. The molecule has 0 atom stereocenters. The van der Waals surface area contributed by atoms with Crippen LogP contribution in [0.2, 0.25) is 0 Å². The molecule has 1 heterocycles. The van der Waals surface area contributed by atoms with Gasteiger partial charge in [0.15, 0.2) is 0 Å². The summed E-state index contributed by atoms with van der Waals surface area (Å²) in [7, 11) is 2.08. The number of nitrogens with zero attached hydrogens (tertiary/aromatic N) is 1. The zero-order valence-corrected chi connectivity index (χ0v) is 11.7. The van der Waals surface area contributed by atoms with Gasteiger partial charge in [0.25, 0.3) is 0 Å². The number of rotatable bonds is 3. The summed E-state index contributed by atoms with van der Waals surface area (Å²) in [4.78, 5) is 2.31. The van der Waals surface area contributed by atoms with Gasteiger partial charge in [-0.15, -0.1) is 0 Å². The number of nitrogens with one attached hydrogen (secondary N) is 1. The van der Waals surface area contributed by atoms with Crippen LogP contribution in [0.25, 0.3) is 0 Å². The second kappa shape index (κ2) is 6.44. The summed E-state index contributed by atoms with van der Waals surface area (Å²) in [5, 5.41) is 3.35. The number of piperidine rings is 1. The molecule has 0 aromatic carbocycles. The fourth-order valence-electron chi connectivity index (χ4n) is 3.46. The van der Waals surface area contributed by atoms with Gasteiger partial charge in [0.2, 0.25) is 0 Å². The van der Waals surface area contributed by atoms with Crippen LogP contribution in [0.5, 0.6) is 0 Å². The normalized spacial score (nSPS) is 30.8. The van der Waals surface area contributed by atoms with Crippen molar-refractivity contribution in [2.75, 3.05) is 26.7 Å². The summed E-state index contributed by atoms with van der Waals surface area (Å²) in [6, 6.07) is 0.355. The molecular formula is C14H25F3N2. The van der Waals surface area contributed by atoms with E-state index >= 15 is 0 Å². The molecule has 0 aromatic rings. The van der Waals surface area contributed by atoms with Gasteiger partial charge in [-0.2, -0.15) is 13.2 Å². The third kappa shape index (κ3) is 4.35. The highest BCUT2D eigenvalue weighted by atomic mass is 19.4. The highest BCUT2D eigenvalue weighted by Crippen LogP contribution is 2.38. The number of hydrogen-bond donors (Lipinski definition) is 1. The van der Waals surface area contributed by atoms with E-state index in [0.717, 1.165) is 19.6 Å². The van der Waals surface area contributed by atoms with E-state index in [1.165, 1.54) is 12.8 Å². The van der Waals surface area contributed by atoms with E-state index in [1.807, 2.05) is 0 Å². The Morgan fingerprint density at radius 2 is 1.58 bits per heavy atom. The maximum atomic E-state index is 12.6. The standard InChI is InChI=1S/C14H25F3N2/c1-19(10-11-6-8-18-9-7-11)13-4-2-12(3-5-13)14(15,16)17/h11-13,18H,2-10H2,1H3. The Labute approximate surface area is 113 Å². The molecule has 1 saturated carbocycles. The summed E-state index contributed by atoms with van der Waals surface area (Å²) in [6.45, 7) is 3.21. The van der Waals surface area contributed by atoms with E-state index in [1.54, 1.807) is 0 Å². The molecule has 5 heteroatoms. The van der Waals surface area contributed by atoms with Gasteiger partial charge in [0.1, 0.15) is 0 Å². The topological polar surface area (TPSA) is 15.3 Å². The first-order chi connectivity index (χ1) is 8.97. The zero-order valence-electron chi connectivity index (χ0n) is 11.7. The number of alkyl halides is 3. The fraction of sp³-hybridized carbons (Fsp3) is 1.00. The molecule has 0 radical (unpaired) electrons. The van der Waals surface area contributed by atoms with Crippen molar-refractivity contribution in [3.05, 3.63) is 0 Å². The van der Waals surface area contributed by atoms with Crippen molar-refractivity contribution >= 4 is 0 Å². The second-order valence-corrected chi connectivity index (χ2v) is 6.18. The Morgan fingerprint density at radius 3 is 2.11 bits per heavy atom. The zero-order chi connectivity index (χ0) is 13.9. The average molecular weight is 278 g/mol. The van der Waals surface area contributed by atoms with Gasteiger partial charge in [0.05, 0.1) is 5.92 Å². The molecule has 2 rings (SSSR count). The van der Waals surface area contributed by atoms with Gasteiger partial charge in [-0.25, -0.2) is 0 Å². The smallest absolute Gasteiger partial charge is 0.317 e. The van der Waals surface area contributed by atoms with Crippen molar-refractivity contribution in [3.8, 4) is 0 Å². The molecule has 1 saturated heterocycles. The maximum absolute atomic E-state index is 12.6. The fourth-order valence-corrected chi connectivity index (χ4v) is 3.46. The minimum Gasteiger partial charge on any atom is -0.317 e. The molecular weight excluding hydrogens is 253 g/mol. The average Bonchev–Trinajstić information content (AvgIpc) is 2.39. The molecule has 2 aliphatic rings. The molecule has 1 N–H and O–H groups in total. The van der Waals surface area contributed by atoms with Crippen molar-refractivity contribution in [2.24, 2.45) is 11.8 Å². The Morgan fingerprint density at radius 1 is 1.00 bits per heavy atom. The van der Waals surface area contributed by atoms with Crippen LogP contribution >= 0.6 is 0 Å². The highest BCUT2D eigenvalue weighted by Gasteiger charge is 2.41. The second-order valence-electron chi connectivity index (χ2n) is 6.18. The molecule has 1 aliphatic carbocycles. The van der Waals surface area contributed by atoms with Crippen LogP contribution in [0.4, 0.5) is 13.2 Å². The molecule has 112 valence electrons. The van der Waals surface area contributed by atoms with Crippen molar-refractivity contribution in [1.29, 1.82) is 0 Å². The van der Waals surface area contributed by atoms with E-state index in [-0.39, 0.29) is 0 Å². The number of halogens is 3. The van der Waals surface area contributed by atoms with Gasteiger partial charge < -0.3 is 10.2 Å². The van der Waals surface area contributed by atoms with E-state index in [9.17, 15) is 13.2 Å². The van der Waals surface area contributed by atoms with Crippen molar-refractivity contribution in [2.45, 2.75) is 50.7 Å². The van der Waals surface area contributed by atoms with Crippen LogP contribution in [-0.2, 0) is 0 Å². The highest BCUT2D eigenvalue weighted by molar-refractivity contribution is 4.83. The van der Waals surface area contributed by atoms with Crippen LogP contribution in [0, 0.1) is 11.8 Å². The van der Waals surface area contributed by atoms with Crippen LogP contribution in [0.3, 0.4) is 0 Å². The van der Waals surface area contributed by atoms with Crippen LogP contribution in [-0.4, -0.2) is 43.8 Å². The lowest BCUT2D eigenvalue weighted by Gasteiger charge is -2.37. The molecule has 19 heavy (non-hydrogen) atoms. The van der Waals surface area contributed by atoms with Crippen molar-refractivity contribution in [1.82, 2.24) is 10.2 Å². The first-order valence-corrected chi connectivity index (χ1v) is 7.44. The van der Waals surface area contributed by atoms with Crippen molar-refractivity contribution < 1.29 is 13.2 Å². The molecule has 0 spiro atoms. The largest absolute Gasteiger partial charge is 0.391 e. The Bertz CT molecular complexity index is 266. The lowest BCUT2D eigenvalue weighted by atomic mass is 9.84. The van der Waals surface area contributed by atoms with E-state index < -0.39 is 12.1 Å². The van der Waals surface area contributed by atoms with Gasteiger partial charge >= 0.3 is 6.18 Å². The third-order valence-electron chi connectivity index (χ3n) is 4.79. The van der Waals surface area contributed by atoms with Gasteiger partial charge in [-0.05, 0) is 64.6 Å². The number of hydrogen-bond acceptors (Lipinski definition) is 2. The predicted octanol–water partition coefficient (Wildman–Crippen LogP) is 3.04. The van der Waals surface area contributed by atoms with Gasteiger partial charge in [0, 0.05) is 12.6 Å². The van der Waals surface area contributed by atoms with E-state index in [4.69, 9.17) is 0 Å². The first kappa shape index (κ1) is 15.1. The molecule has 0 amide bonds. The predicted molar refractivity (Wildman–Crippen MR) is 70.0 cm³/mol. The van der Waals surface area contributed by atoms with E-state index in [0.29, 0.717) is 37.6 Å². The maximum Gasteiger partial charge on any atom is 0.391 e. The SMILES string of the molecule is CN(CC1CCNCC1)C1CCC(C(F)(F)F)CC1. The third-order valence-corrected chi connectivity index (χ3v) is 4.79. The lowest BCUT2D eigenvalue weighted by Crippen LogP contribution is -2.42. The lowest BCUT2D eigenvalue weighted by molar-refractivity contribution is -0.184. The summed E-state index contributed by atoms with van der Waals surface area (Å²) in [5.41, 5.74) is 0. The van der Waals surface area contributed by atoms with Crippen LogP contribution < -0.4 is 5.32 Å². The Hall–Kier alpha value is -0.290.